The van der Waals surface area contributed by atoms with E-state index in [2.05, 4.69) is 25.6 Å². The standard InChI is InChI=1S/C17H17ClN6OS/c18-12-4-7-20-15(8-12)24-17-23-10-14(26-17)11-2-3-13(22-9-11)16(25)21-6-1-5-19/h2-4,7-10H,1,5-6,19H2,(H,21,25)(H,20,23,24). The predicted octanol–water partition coefficient (Wildman–Crippen LogP) is 3.08. The van der Waals surface area contributed by atoms with Crippen molar-refractivity contribution in [3.05, 3.63) is 53.6 Å². The fraction of sp³-hybridized carbons (Fsp3) is 0.176. The first-order chi connectivity index (χ1) is 12.7. The van der Waals surface area contributed by atoms with Crippen molar-refractivity contribution in [2.75, 3.05) is 18.4 Å². The molecule has 0 saturated heterocycles. The van der Waals surface area contributed by atoms with Gasteiger partial charge in [-0.2, -0.15) is 0 Å². The van der Waals surface area contributed by atoms with Crippen molar-refractivity contribution in [2.45, 2.75) is 6.42 Å². The predicted molar refractivity (Wildman–Crippen MR) is 104 cm³/mol. The Morgan fingerprint density at radius 3 is 2.81 bits per heavy atom. The lowest BCUT2D eigenvalue weighted by Crippen LogP contribution is -2.26. The van der Waals surface area contributed by atoms with Gasteiger partial charge in [-0.1, -0.05) is 22.9 Å². The lowest BCUT2D eigenvalue weighted by Gasteiger charge is -2.04. The Labute approximate surface area is 159 Å². The van der Waals surface area contributed by atoms with Crippen LogP contribution in [-0.2, 0) is 0 Å². The molecule has 0 unspecified atom stereocenters. The van der Waals surface area contributed by atoms with Crippen LogP contribution in [0.1, 0.15) is 16.9 Å². The minimum absolute atomic E-state index is 0.205. The molecular formula is C17H17ClN6OS. The number of aromatic nitrogens is 3. The summed E-state index contributed by atoms with van der Waals surface area (Å²) in [5.41, 5.74) is 6.66. The van der Waals surface area contributed by atoms with Crippen molar-refractivity contribution in [1.82, 2.24) is 20.3 Å². The Hall–Kier alpha value is -2.55. The van der Waals surface area contributed by atoms with Crippen molar-refractivity contribution in [3.63, 3.8) is 0 Å². The van der Waals surface area contributed by atoms with E-state index < -0.39 is 0 Å². The van der Waals surface area contributed by atoms with Gasteiger partial charge >= 0.3 is 0 Å². The molecule has 3 aromatic rings. The summed E-state index contributed by atoms with van der Waals surface area (Å²) < 4.78 is 0. The Morgan fingerprint density at radius 2 is 2.08 bits per heavy atom. The number of nitrogens with one attached hydrogen (secondary N) is 2. The third kappa shape index (κ3) is 4.75. The molecule has 134 valence electrons. The molecular weight excluding hydrogens is 372 g/mol. The SMILES string of the molecule is NCCCNC(=O)c1ccc(-c2cnc(Nc3cc(Cl)ccn3)s2)cn1. The number of nitrogens with two attached hydrogens (primary N) is 1. The molecule has 3 aromatic heterocycles. The first kappa shape index (κ1) is 18.2. The Kier molecular flexibility index (Phi) is 6.11. The van der Waals surface area contributed by atoms with Crippen LogP contribution >= 0.6 is 22.9 Å². The molecule has 0 aromatic carbocycles. The summed E-state index contributed by atoms with van der Waals surface area (Å²) in [5, 5.41) is 7.18. The van der Waals surface area contributed by atoms with Gasteiger partial charge in [0.05, 0.1) is 4.88 Å². The first-order valence-electron chi connectivity index (χ1n) is 7.95. The number of pyridine rings is 2. The van der Waals surface area contributed by atoms with Crippen LogP contribution in [0.3, 0.4) is 0 Å². The molecule has 0 aliphatic carbocycles. The highest BCUT2D eigenvalue weighted by atomic mass is 35.5. The summed E-state index contributed by atoms with van der Waals surface area (Å²) in [7, 11) is 0. The monoisotopic (exact) mass is 388 g/mol. The van der Waals surface area contributed by atoms with Crippen LogP contribution in [0.25, 0.3) is 10.4 Å². The van der Waals surface area contributed by atoms with Crippen LogP contribution in [0.15, 0.2) is 42.9 Å². The smallest absolute Gasteiger partial charge is 0.269 e. The van der Waals surface area contributed by atoms with E-state index in [0.29, 0.717) is 34.8 Å². The van der Waals surface area contributed by atoms with Gasteiger partial charge in [0, 0.05) is 35.7 Å². The largest absolute Gasteiger partial charge is 0.351 e. The lowest BCUT2D eigenvalue weighted by atomic mass is 10.2. The van der Waals surface area contributed by atoms with Crippen molar-refractivity contribution in [3.8, 4) is 10.4 Å². The maximum absolute atomic E-state index is 12.0. The van der Waals surface area contributed by atoms with E-state index in [0.717, 1.165) is 16.9 Å². The quantitative estimate of drug-likeness (QED) is 0.537. The number of halogens is 1. The normalized spacial score (nSPS) is 10.5. The number of carbonyl (C=O) groups excluding carboxylic acids is 1. The summed E-state index contributed by atoms with van der Waals surface area (Å²) in [6, 6.07) is 6.97. The number of hydrogen-bond donors (Lipinski definition) is 3. The highest BCUT2D eigenvalue weighted by Gasteiger charge is 2.09. The van der Waals surface area contributed by atoms with Crippen LogP contribution in [0.4, 0.5) is 10.9 Å². The number of nitrogens with zero attached hydrogens (tertiary/aromatic N) is 3. The zero-order valence-electron chi connectivity index (χ0n) is 13.8. The topological polar surface area (TPSA) is 106 Å². The minimum Gasteiger partial charge on any atom is -0.351 e. The van der Waals surface area contributed by atoms with Gasteiger partial charge < -0.3 is 16.4 Å². The molecule has 0 aliphatic heterocycles. The molecule has 7 nitrogen and oxygen atoms in total. The molecule has 0 aliphatic rings. The molecule has 4 N–H and O–H groups in total. The van der Waals surface area contributed by atoms with Gasteiger partial charge in [-0.05, 0) is 37.2 Å². The van der Waals surface area contributed by atoms with Gasteiger partial charge in [0.1, 0.15) is 11.5 Å². The van der Waals surface area contributed by atoms with Crippen LogP contribution < -0.4 is 16.4 Å². The highest BCUT2D eigenvalue weighted by molar-refractivity contribution is 7.18. The Bertz CT molecular complexity index is 883. The fourth-order valence-corrected chi connectivity index (χ4v) is 3.09. The van der Waals surface area contributed by atoms with Crippen LogP contribution in [0.2, 0.25) is 5.02 Å². The molecule has 26 heavy (non-hydrogen) atoms. The molecule has 3 heterocycles. The molecule has 3 rings (SSSR count). The lowest BCUT2D eigenvalue weighted by molar-refractivity contribution is 0.0948. The van der Waals surface area contributed by atoms with Crippen molar-refractivity contribution < 1.29 is 4.79 Å². The van der Waals surface area contributed by atoms with Crippen molar-refractivity contribution >= 4 is 39.8 Å². The number of anilines is 2. The third-order valence-electron chi connectivity index (χ3n) is 3.41. The molecule has 0 bridgehead atoms. The van der Waals surface area contributed by atoms with Crippen molar-refractivity contribution in [2.24, 2.45) is 5.73 Å². The van der Waals surface area contributed by atoms with Gasteiger partial charge in [-0.15, -0.1) is 0 Å². The summed E-state index contributed by atoms with van der Waals surface area (Å²) in [5.74, 6) is 0.421. The van der Waals surface area contributed by atoms with Gasteiger partial charge in [0.15, 0.2) is 5.13 Å². The molecule has 0 fully saturated rings. The van der Waals surface area contributed by atoms with E-state index in [1.807, 2.05) is 6.07 Å². The Balaban J connectivity index is 1.66. The number of carbonyl (C=O) groups is 1. The molecule has 0 atom stereocenters. The number of amides is 1. The summed E-state index contributed by atoms with van der Waals surface area (Å²) in [6.07, 6.45) is 5.77. The molecule has 0 radical (unpaired) electrons. The summed E-state index contributed by atoms with van der Waals surface area (Å²) in [4.78, 5) is 25.6. The molecule has 1 amide bonds. The Morgan fingerprint density at radius 1 is 1.19 bits per heavy atom. The summed E-state index contributed by atoms with van der Waals surface area (Å²) in [6.45, 7) is 1.08. The van der Waals surface area contributed by atoms with E-state index in [1.54, 1.807) is 36.8 Å². The van der Waals surface area contributed by atoms with Gasteiger partial charge in [0.25, 0.3) is 5.91 Å². The molecule has 9 heteroatoms. The summed E-state index contributed by atoms with van der Waals surface area (Å²) >= 11 is 7.41. The van der Waals surface area contributed by atoms with Gasteiger partial charge in [-0.25, -0.2) is 9.97 Å². The zero-order chi connectivity index (χ0) is 18.4. The van der Waals surface area contributed by atoms with Gasteiger partial charge in [0.2, 0.25) is 0 Å². The van der Waals surface area contributed by atoms with Crippen LogP contribution in [-0.4, -0.2) is 33.9 Å². The number of hydrogen-bond acceptors (Lipinski definition) is 7. The maximum Gasteiger partial charge on any atom is 0.269 e. The maximum atomic E-state index is 12.0. The minimum atomic E-state index is -0.205. The second-order valence-electron chi connectivity index (χ2n) is 5.34. The average molecular weight is 389 g/mol. The number of rotatable bonds is 7. The zero-order valence-corrected chi connectivity index (χ0v) is 15.3. The van der Waals surface area contributed by atoms with Gasteiger partial charge in [-0.3, -0.25) is 9.78 Å². The van der Waals surface area contributed by atoms with Crippen molar-refractivity contribution in [1.29, 1.82) is 0 Å². The molecule has 0 spiro atoms. The van der Waals surface area contributed by atoms with E-state index in [4.69, 9.17) is 17.3 Å². The van der Waals surface area contributed by atoms with E-state index in [-0.39, 0.29) is 5.91 Å². The number of thiazole rings is 1. The van der Waals surface area contributed by atoms with E-state index in [1.165, 1.54) is 11.3 Å². The highest BCUT2D eigenvalue weighted by Crippen LogP contribution is 2.30. The van der Waals surface area contributed by atoms with E-state index >= 15 is 0 Å². The van der Waals surface area contributed by atoms with Crippen LogP contribution in [0.5, 0.6) is 0 Å². The third-order valence-corrected chi connectivity index (χ3v) is 4.61. The fourth-order valence-electron chi connectivity index (χ4n) is 2.12. The van der Waals surface area contributed by atoms with E-state index in [9.17, 15) is 4.79 Å². The second-order valence-corrected chi connectivity index (χ2v) is 6.81. The molecule has 0 saturated carbocycles. The first-order valence-corrected chi connectivity index (χ1v) is 9.14. The average Bonchev–Trinajstić information content (AvgIpc) is 3.10. The second kappa shape index (κ2) is 8.70. The van der Waals surface area contributed by atoms with Crippen LogP contribution in [0, 0.1) is 0 Å².